The van der Waals surface area contributed by atoms with E-state index in [-0.39, 0.29) is 24.5 Å². The molecule has 0 saturated carbocycles. The average Bonchev–Trinajstić information content (AvgIpc) is 2.67. The molecule has 1 heterocycles. The fourth-order valence-electron chi connectivity index (χ4n) is 1.59. The number of nitrogens with zero attached hydrogens (tertiary/aromatic N) is 1. The number of carbonyl (C=O) groups is 1. The predicted octanol–water partition coefficient (Wildman–Crippen LogP) is 1.61. The van der Waals surface area contributed by atoms with Crippen molar-refractivity contribution < 1.29 is 14.4 Å². The number of nitrogens with one attached hydrogen (secondary N) is 1. The van der Waals surface area contributed by atoms with Crippen molar-refractivity contribution in [3.05, 3.63) is 17.0 Å². The fraction of sp³-hybridized carbons (Fsp3) is 0.667. The van der Waals surface area contributed by atoms with Crippen molar-refractivity contribution in [2.45, 2.75) is 46.1 Å². The van der Waals surface area contributed by atoms with Crippen LogP contribution in [0.3, 0.4) is 0 Å². The number of aliphatic hydroxyl groups excluding tert-OH is 1. The summed E-state index contributed by atoms with van der Waals surface area (Å²) in [5.74, 6) is 0.465. The minimum Gasteiger partial charge on any atom is -0.394 e. The fourth-order valence-corrected chi connectivity index (χ4v) is 1.59. The predicted molar refractivity (Wildman–Crippen MR) is 64.0 cm³/mol. The molecule has 0 bridgehead atoms. The highest BCUT2D eigenvalue weighted by Gasteiger charge is 2.23. The third-order valence-corrected chi connectivity index (χ3v) is 2.69. The van der Waals surface area contributed by atoms with Crippen molar-refractivity contribution in [1.82, 2.24) is 10.5 Å². The van der Waals surface area contributed by atoms with Gasteiger partial charge in [-0.25, -0.2) is 0 Å². The SMILES string of the molecule is CC[C@H](CO)NC(=O)c1c(C)noc1C(C)C. The Kier molecular flexibility index (Phi) is 4.69. The van der Waals surface area contributed by atoms with Crippen LogP contribution in [0.15, 0.2) is 4.52 Å². The molecule has 2 N–H and O–H groups in total. The molecule has 96 valence electrons. The van der Waals surface area contributed by atoms with Gasteiger partial charge in [0.15, 0.2) is 5.76 Å². The van der Waals surface area contributed by atoms with Gasteiger partial charge in [0.05, 0.1) is 18.3 Å². The van der Waals surface area contributed by atoms with Crippen molar-refractivity contribution in [3.63, 3.8) is 0 Å². The molecule has 0 unspecified atom stereocenters. The van der Waals surface area contributed by atoms with Crippen LogP contribution in [0.5, 0.6) is 0 Å². The molecule has 0 radical (unpaired) electrons. The summed E-state index contributed by atoms with van der Waals surface area (Å²) in [5, 5.41) is 15.7. The summed E-state index contributed by atoms with van der Waals surface area (Å²) in [5.41, 5.74) is 1.07. The summed E-state index contributed by atoms with van der Waals surface area (Å²) in [6, 6.07) is -0.225. The van der Waals surface area contributed by atoms with Gasteiger partial charge in [0.1, 0.15) is 5.56 Å². The average molecular weight is 240 g/mol. The lowest BCUT2D eigenvalue weighted by atomic mass is 10.0. The molecule has 0 fully saturated rings. The molecule has 1 rings (SSSR count). The summed E-state index contributed by atoms with van der Waals surface area (Å²) in [6.45, 7) is 7.47. The van der Waals surface area contributed by atoms with Crippen molar-refractivity contribution in [1.29, 1.82) is 0 Å². The smallest absolute Gasteiger partial charge is 0.257 e. The van der Waals surface area contributed by atoms with Crippen LogP contribution in [0.25, 0.3) is 0 Å². The zero-order chi connectivity index (χ0) is 13.0. The Morgan fingerprint density at radius 2 is 2.18 bits per heavy atom. The van der Waals surface area contributed by atoms with Crippen molar-refractivity contribution in [3.8, 4) is 0 Å². The van der Waals surface area contributed by atoms with E-state index in [4.69, 9.17) is 9.63 Å². The third kappa shape index (κ3) is 3.06. The van der Waals surface area contributed by atoms with Gasteiger partial charge in [-0.15, -0.1) is 0 Å². The zero-order valence-electron chi connectivity index (χ0n) is 10.8. The van der Waals surface area contributed by atoms with Gasteiger partial charge in [-0.05, 0) is 13.3 Å². The molecule has 17 heavy (non-hydrogen) atoms. The molecule has 1 aromatic heterocycles. The minimum atomic E-state index is -0.228. The van der Waals surface area contributed by atoms with Crippen LogP contribution in [0.4, 0.5) is 0 Å². The maximum absolute atomic E-state index is 12.1. The molecule has 5 heteroatoms. The summed E-state index contributed by atoms with van der Waals surface area (Å²) in [4.78, 5) is 12.1. The largest absolute Gasteiger partial charge is 0.394 e. The van der Waals surface area contributed by atoms with Gasteiger partial charge < -0.3 is 14.9 Å². The molecule has 0 aliphatic carbocycles. The summed E-state index contributed by atoms with van der Waals surface area (Å²) < 4.78 is 5.15. The van der Waals surface area contributed by atoms with E-state index in [2.05, 4.69) is 10.5 Å². The van der Waals surface area contributed by atoms with E-state index < -0.39 is 0 Å². The highest BCUT2D eigenvalue weighted by Crippen LogP contribution is 2.22. The van der Waals surface area contributed by atoms with Gasteiger partial charge in [0, 0.05) is 5.92 Å². The maximum Gasteiger partial charge on any atom is 0.257 e. The second kappa shape index (κ2) is 5.82. The Morgan fingerprint density at radius 3 is 2.65 bits per heavy atom. The Balaban J connectivity index is 2.91. The number of rotatable bonds is 5. The lowest BCUT2D eigenvalue weighted by Crippen LogP contribution is -2.37. The topological polar surface area (TPSA) is 75.4 Å². The Labute approximate surface area is 101 Å². The van der Waals surface area contributed by atoms with E-state index in [0.29, 0.717) is 23.4 Å². The van der Waals surface area contributed by atoms with Crippen LogP contribution in [0.1, 0.15) is 54.9 Å². The van der Waals surface area contributed by atoms with Crippen molar-refractivity contribution >= 4 is 5.91 Å². The number of hydrogen-bond acceptors (Lipinski definition) is 4. The van der Waals surface area contributed by atoms with E-state index in [1.165, 1.54) is 0 Å². The Bertz CT molecular complexity index is 381. The first-order valence-electron chi connectivity index (χ1n) is 5.89. The van der Waals surface area contributed by atoms with E-state index in [0.717, 1.165) is 0 Å². The quantitative estimate of drug-likeness (QED) is 0.819. The first-order chi connectivity index (χ1) is 8.01. The molecule has 5 nitrogen and oxygen atoms in total. The maximum atomic E-state index is 12.1. The highest BCUT2D eigenvalue weighted by atomic mass is 16.5. The molecule has 0 aromatic carbocycles. The van der Waals surface area contributed by atoms with Gasteiger partial charge in [-0.1, -0.05) is 25.9 Å². The number of aromatic nitrogens is 1. The van der Waals surface area contributed by atoms with Gasteiger partial charge in [0.2, 0.25) is 0 Å². The van der Waals surface area contributed by atoms with Crippen LogP contribution in [0.2, 0.25) is 0 Å². The van der Waals surface area contributed by atoms with Crippen molar-refractivity contribution in [2.75, 3.05) is 6.61 Å². The number of amides is 1. The van der Waals surface area contributed by atoms with Gasteiger partial charge in [-0.2, -0.15) is 0 Å². The third-order valence-electron chi connectivity index (χ3n) is 2.69. The van der Waals surface area contributed by atoms with Gasteiger partial charge >= 0.3 is 0 Å². The molecular formula is C12H20N2O3. The van der Waals surface area contributed by atoms with Crippen molar-refractivity contribution in [2.24, 2.45) is 0 Å². The standard InChI is InChI=1S/C12H20N2O3/c1-5-9(6-15)13-12(16)10-8(4)14-17-11(10)7(2)3/h7,9,15H,5-6H2,1-4H3,(H,13,16)/t9-/m1/s1. The summed E-state index contributed by atoms with van der Waals surface area (Å²) in [7, 11) is 0. The molecule has 0 aliphatic heterocycles. The van der Waals surface area contributed by atoms with E-state index in [1.807, 2.05) is 20.8 Å². The molecule has 0 aliphatic rings. The van der Waals surface area contributed by atoms with Gasteiger partial charge in [0.25, 0.3) is 5.91 Å². The molecule has 1 aromatic rings. The van der Waals surface area contributed by atoms with Crippen LogP contribution >= 0.6 is 0 Å². The van der Waals surface area contributed by atoms with E-state index in [9.17, 15) is 4.79 Å². The zero-order valence-corrected chi connectivity index (χ0v) is 10.8. The number of hydrogen-bond donors (Lipinski definition) is 2. The van der Waals surface area contributed by atoms with Crippen LogP contribution in [-0.4, -0.2) is 28.8 Å². The lowest BCUT2D eigenvalue weighted by Gasteiger charge is -2.14. The molecule has 1 amide bonds. The number of carbonyl (C=O) groups excluding carboxylic acids is 1. The van der Waals surface area contributed by atoms with Crippen LogP contribution in [0, 0.1) is 6.92 Å². The molecular weight excluding hydrogens is 220 g/mol. The lowest BCUT2D eigenvalue weighted by molar-refractivity contribution is 0.0912. The first-order valence-corrected chi connectivity index (χ1v) is 5.89. The monoisotopic (exact) mass is 240 g/mol. The van der Waals surface area contributed by atoms with E-state index >= 15 is 0 Å². The second-order valence-corrected chi connectivity index (χ2v) is 4.42. The second-order valence-electron chi connectivity index (χ2n) is 4.42. The highest BCUT2D eigenvalue weighted by molar-refractivity contribution is 5.96. The summed E-state index contributed by atoms with van der Waals surface area (Å²) >= 11 is 0. The molecule has 1 atom stereocenters. The number of aliphatic hydroxyl groups is 1. The van der Waals surface area contributed by atoms with E-state index in [1.54, 1.807) is 6.92 Å². The van der Waals surface area contributed by atoms with Gasteiger partial charge in [-0.3, -0.25) is 4.79 Å². The number of aryl methyl sites for hydroxylation is 1. The Morgan fingerprint density at radius 1 is 1.53 bits per heavy atom. The molecule has 0 spiro atoms. The first kappa shape index (κ1) is 13.7. The van der Waals surface area contributed by atoms with Crippen LogP contribution in [-0.2, 0) is 0 Å². The minimum absolute atomic E-state index is 0.0659. The summed E-state index contributed by atoms with van der Waals surface area (Å²) in [6.07, 6.45) is 0.684. The molecule has 0 saturated heterocycles. The Hall–Kier alpha value is -1.36. The van der Waals surface area contributed by atoms with Crippen LogP contribution < -0.4 is 5.32 Å². The normalized spacial score (nSPS) is 12.8.